The van der Waals surface area contributed by atoms with E-state index in [0.29, 0.717) is 17.9 Å². The summed E-state index contributed by atoms with van der Waals surface area (Å²) in [5.41, 5.74) is 2.61. The highest BCUT2D eigenvalue weighted by Gasteiger charge is 2.44. The van der Waals surface area contributed by atoms with Crippen LogP contribution in [0.5, 0.6) is 0 Å². The van der Waals surface area contributed by atoms with E-state index in [4.69, 9.17) is 23.2 Å². The van der Waals surface area contributed by atoms with Crippen molar-refractivity contribution in [2.24, 2.45) is 0 Å². The molecule has 0 unspecified atom stereocenters. The van der Waals surface area contributed by atoms with Crippen molar-refractivity contribution in [2.75, 3.05) is 0 Å². The molecule has 0 aromatic heterocycles. The fraction of sp³-hybridized carbons (Fsp3) is 0.188. The van der Waals surface area contributed by atoms with Gasteiger partial charge in [0.2, 0.25) is 5.24 Å². The van der Waals surface area contributed by atoms with Gasteiger partial charge in [0.1, 0.15) is 0 Å². The molecule has 3 heteroatoms. The Kier molecular flexibility index (Phi) is 3.12. The van der Waals surface area contributed by atoms with Gasteiger partial charge >= 0.3 is 0 Å². The number of hydrogen-bond donors (Lipinski definition) is 0. The number of rotatable bonds is 2. The lowest BCUT2D eigenvalue weighted by Gasteiger charge is -2.25. The van der Waals surface area contributed by atoms with Gasteiger partial charge in [-0.25, -0.2) is 0 Å². The summed E-state index contributed by atoms with van der Waals surface area (Å²) in [6.07, 6.45) is 1.29. The van der Waals surface area contributed by atoms with Crippen molar-refractivity contribution in [3.8, 4) is 0 Å². The van der Waals surface area contributed by atoms with E-state index in [2.05, 4.69) is 12.1 Å². The first-order chi connectivity index (χ1) is 9.12. The average molecular weight is 291 g/mol. The van der Waals surface area contributed by atoms with Crippen molar-refractivity contribution >= 4 is 28.4 Å². The van der Waals surface area contributed by atoms with Gasteiger partial charge in [0.15, 0.2) is 0 Å². The highest BCUT2D eigenvalue weighted by Crippen LogP contribution is 2.42. The number of hydrogen-bond acceptors (Lipinski definition) is 1. The number of halogens is 2. The van der Waals surface area contributed by atoms with Crippen LogP contribution >= 0.6 is 23.2 Å². The molecule has 0 spiro atoms. The normalized spacial score (nSPS) is 16.1. The van der Waals surface area contributed by atoms with Crippen molar-refractivity contribution in [3.63, 3.8) is 0 Å². The molecule has 0 N–H and O–H groups in total. The van der Waals surface area contributed by atoms with Gasteiger partial charge in [0.05, 0.1) is 5.41 Å². The lowest BCUT2D eigenvalue weighted by atomic mass is 9.79. The minimum atomic E-state index is -0.670. The quantitative estimate of drug-likeness (QED) is 0.760. The zero-order valence-electron chi connectivity index (χ0n) is 10.2. The van der Waals surface area contributed by atoms with Crippen molar-refractivity contribution in [2.45, 2.75) is 18.3 Å². The second kappa shape index (κ2) is 4.66. The Hall–Kier alpha value is -1.31. The molecule has 96 valence electrons. The van der Waals surface area contributed by atoms with E-state index in [1.54, 1.807) is 6.07 Å². The number of benzene rings is 2. The summed E-state index contributed by atoms with van der Waals surface area (Å²) < 4.78 is 0. The van der Waals surface area contributed by atoms with Gasteiger partial charge in [0, 0.05) is 5.02 Å². The lowest BCUT2D eigenvalue weighted by molar-refractivity contribution is -0.116. The molecule has 3 rings (SSSR count). The van der Waals surface area contributed by atoms with Gasteiger partial charge < -0.3 is 0 Å². The van der Waals surface area contributed by atoms with Gasteiger partial charge in [-0.1, -0.05) is 48.0 Å². The molecule has 0 saturated carbocycles. The molecule has 0 heterocycles. The van der Waals surface area contributed by atoms with E-state index in [9.17, 15) is 4.79 Å². The molecular weight excluding hydrogens is 279 g/mol. The maximum Gasteiger partial charge on any atom is 0.232 e. The molecule has 0 bridgehead atoms. The minimum absolute atomic E-state index is 0.314. The first-order valence-electron chi connectivity index (χ1n) is 6.15. The molecule has 2 aromatic carbocycles. The van der Waals surface area contributed by atoms with Crippen molar-refractivity contribution in [1.82, 2.24) is 0 Å². The van der Waals surface area contributed by atoms with E-state index in [-0.39, 0.29) is 5.24 Å². The fourth-order valence-corrected chi connectivity index (χ4v) is 3.29. The third kappa shape index (κ3) is 2.07. The predicted molar refractivity (Wildman–Crippen MR) is 77.8 cm³/mol. The summed E-state index contributed by atoms with van der Waals surface area (Å²) in [4.78, 5) is 12.1. The molecule has 0 saturated heterocycles. The Morgan fingerprint density at radius 2 is 1.63 bits per heavy atom. The van der Waals surface area contributed by atoms with Gasteiger partial charge in [0.25, 0.3) is 0 Å². The topological polar surface area (TPSA) is 17.1 Å². The molecule has 0 aliphatic heterocycles. The SMILES string of the molecule is O=C(Cl)C1(c2cccc(Cl)c2)Cc2ccccc2C1. The molecule has 1 nitrogen and oxygen atoms in total. The van der Waals surface area contributed by atoms with Crippen LogP contribution in [0.15, 0.2) is 48.5 Å². The molecule has 1 aliphatic rings. The third-order valence-corrected chi connectivity index (χ3v) is 4.45. The zero-order valence-corrected chi connectivity index (χ0v) is 11.7. The Labute approximate surface area is 122 Å². The van der Waals surface area contributed by atoms with Crippen LogP contribution in [-0.4, -0.2) is 5.24 Å². The van der Waals surface area contributed by atoms with E-state index < -0.39 is 5.41 Å². The summed E-state index contributed by atoms with van der Waals surface area (Å²) in [7, 11) is 0. The molecule has 0 fully saturated rings. The molecule has 0 radical (unpaired) electrons. The molecule has 0 atom stereocenters. The monoisotopic (exact) mass is 290 g/mol. The first kappa shape index (κ1) is 12.7. The van der Waals surface area contributed by atoms with Crippen LogP contribution in [0.1, 0.15) is 16.7 Å². The Morgan fingerprint density at radius 3 is 2.16 bits per heavy atom. The molecule has 1 aliphatic carbocycles. The summed E-state index contributed by atoms with van der Waals surface area (Å²) in [6, 6.07) is 15.5. The fourth-order valence-electron chi connectivity index (χ4n) is 2.86. The highest BCUT2D eigenvalue weighted by atomic mass is 35.5. The van der Waals surface area contributed by atoms with E-state index in [0.717, 1.165) is 5.56 Å². The molecular formula is C16H12Cl2O. The van der Waals surface area contributed by atoms with Crippen LogP contribution in [0.25, 0.3) is 0 Å². The van der Waals surface area contributed by atoms with Crippen LogP contribution in [0.3, 0.4) is 0 Å². The molecule has 2 aromatic rings. The summed E-state index contributed by atoms with van der Waals surface area (Å²) >= 11 is 12.0. The Bertz CT molecular complexity index is 624. The van der Waals surface area contributed by atoms with Crippen molar-refractivity contribution < 1.29 is 4.79 Å². The van der Waals surface area contributed by atoms with Crippen LogP contribution in [-0.2, 0) is 23.1 Å². The van der Waals surface area contributed by atoms with Crippen molar-refractivity contribution in [1.29, 1.82) is 0 Å². The van der Waals surface area contributed by atoms with Crippen LogP contribution < -0.4 is 0 Å². The maximum atomic E-state index is 12.1. The summed E-state index contributed by atoms with van der Waals surface area (Å²) in [6.45, 7) is 0. The predicted octanol–water partition coefficient (Wildman–Crippen LogP) is 4.14. The first-order valence-corrected chi connectivity index (χ1v) is 6.90. The summed E-state index contributed by atoms with van der Waals surface area (Å²) in [5, 5.41) is 0.316. The van der Waals surface area contributed by atoms with Crippen LogP contribution in [0, 0.1) is 0 Å². The maximum absolute atomic E-state index is 12.1. The third-order valence-electron chi connectivity index (χ3n) is 3.86. The van der Waals surface area contributed by atoms with Gasteiger partial charge in [-0.05, 0) is 53.3 Å². The van der Waals surface area contributed by atoms with E-state index in [1.165, 1.54) is 11.1 Å². The van der Waals surface area contributed by atoms with Gasteiger partial charge in [-0.15, -0.1) is 0 Å². The number of fused-ring (bicyclic) bond motifs is 1. The average Bonchev–Trinajstić information content (AvgIpc) is 2.79. The number of carbonyl (C=O) groups excluding carboxylic acids is 1. The van der Waals surface area contributed by atoms with Crippen LogP contribution in [0.4, 0.5) is 0 Å². The largest absolute Gasteiger partial charge is 0.280 e. The second-order valence-electron chi connectivity index (χ2n) is 4.99. The highest BCUT2D eigenvalue weighted by molar-refractivity contribution is 6.65. The number of carbonyl (C=O) groups is 1. The van der Waals surface area contributed by atoms with Gasteiger partial charge in [-0.3, -0.25) is 4.79 Å². The molecule has 19 heavy (non-hydrogen) atoms. The minimum Gasteiger partial charge on any atom is -0.280 e. The zero-order chi connectivity index (χ0) is 13.5. The van der Waals surface area contributed by atoms with E-state index in [1.807, 2.05) is 30.3 Å². The Balaban J connectivity index is 2.12. The standard InChI is InChI=1S/C16H12Cl2O/c17-14-7-3-6-13(8-14)16(15(18)19)9-11-4-1-2-5-12(11)10-16/h1-8H,9-10H2. The van der Waals surface area contributed by atoms with Crippen molar-refractivity contribution in [3.05, 3.63) is 70.2 Å². The smallest absolute Gasteiger partial charge is 0.232 e. The van der Waals surface area contributed by atoms with Crippen LogP contribution in [0.2, 0.25) is 5.02 Å². The Morgan fingerprint density at radius 1 is 1.00 bits per heavy atom. The summed E-state index contributed by atoms with van der Waals surface area (Å²) in [5.74, 6) is 0. The lowest BCUT2D eigenvalue weighted by Crippen LogP contribution is -2.33. The second-order valence-corrected chi connectivity index (χ2v) is 5.77. The van der Waals surface area contributed by atoms with Gasteiger partial charge in [-0.2, -0.15) is 0 Å². The molecule has 0 amide bonds. The van der Waals surface area contributed by atoms with E-state index >= 15 is 0 Å².